The van der Waals surface area contributed by atoms with E-state index in [1.54, 1.807) is 0 Å². The largest absolute Gasteiger partial charge is 0.444 e. The Bertz CT molecular complexity index is 384. The van der Waals surface area contributed by atoms with Crippen LogP contribution in [-0.4, -0.2) is 64.4 Å². The van der Waals surface area contributed by atoms with Gasteiger partial charge in [-0.1, -0.05) is 0 Å². The van der Waals surface area contributed by atoms with Gasteiger partial charge in [-0.15, -0.1) is 0 Å². The van der Waals surface area contributed by atoms with Gasteiger partial charge in [0.15, 0.2) is 0 Å². The van der Waals surface area contributed by atoms with E-state index in [-0.39, 0.29) is 6.09 Å². The number of rotatable bonds is 2. The van der Waals surface area contributed by atoms with Gasteiger partial charge in [-0.25, -0.2) is 4.79 Å². The first-order valence-electron chi connectivity index (χ1n) is 8.00. The van der Waals surface area contributed by atoms with Crippen molar-refractivity contribution in [3.63, 3.8) is 0 Å². The molecule has 2 unspecified atom stereocenters. The van der Waals surface area contributed by atoms with Gasteiger partial charge in [-0.2, -0.15) is 0 Å². The minimum atomic E-state index is -0.613. The van der Waals surface area contributed by atoms with E-state index >= 15 is 0 Å². The first-order valence-corrected chi connectivity index (χ1v) is 8.00. The summed E-state index contributed by atoms with van der Waals surface area (Å²) >= 11 is 0. The molecule has 0 aliphatic carbocycles. The number of likely N-dealkylation sites (tertiary alicyclic amines) is 2. The number of nitrogens with zero attached hydrogens (tertiary/aromatic N) is 2. The van der Waals surface area contributed by atoms with Crippen molar-refractivity contribution in [3.05, 3.63) is 0 Å². The minimum Gasteiger partial charge on any atom is -0.444 e. The quantitative estimate of drug-likeness (QED) is 0.848. The third kappa shape index (κ3) is 4.33. The highest BCUT2D eigenvalue weighted by atomic mass is 16.6. The standard InChI is InChI=1S/C16H30N2O3/c1-15(2,3)21-14(19)18-9-7-13(11-18)17-8-6-12(10-17)16(4,5)20/h12-13,20H,6-11H2,1-5H3. The summed E-state index contributed by atoms with van der Waals surface area (Å²) in [6, 6.07) is 0.407. The van der Waals surface area contributed by atoms with Crippen LogP contribution in [0.4, 0.5) is 4.79 Å². The molecular weight excluding hydrogens is 268 g/mol. The number of hydrogen-bond acceptors (Lipinski definition) is 4. The summed E-state index contributed by atoms with van der Waals surface area (Å²) in [5.74, 6) is 0.327. The first-order chi connectivity index (χ1) is 9.56. The van der Waals surface area contributed by atoms with Crippen LogP contribution < -0.4 is 0 Å². The fraction of sp³-hybridized carbons (Fsp3) is 0.938. The Morgan fingerprint density at radius 1 is 1.10 bits per heavy atom. The monoisotopic (exact) mass is 298 g/mol. The number of ether oxygens (including phenoxy) is 1. The molecule has 122 valence electrons. The molecule has 0 radical (unpaired) electrons. The van der Waals surface area contributed by atoms with E-state index in [0.717, 1.165) is 39.0 Å². The first kappa shape index (κ1) is 16.6. The number of carbonyl (C=O) groups is 1. The van der Waals surface area contributed by atoms with E-state index < -0.39 is 11.2 Å². The average molecular weight is 298 g/mol. The molecule has 2 aliphatic rings. The Morgan fingerprint density at radius 3 is 2.29 bits per heavy atom. The summed E-state index contributed by atoms with van der Waals surface area (Å²) in [5.41, 5.74) is -1.05. The maximum atomic E-state index is 12.1. The molecule has 2 saturated heterocycles. The Morgan fingerprint density at radius 2 is 1.76 bits per heavy atom. The van der Waals surface area contributed by atoms with Crippen molar-refractivity contribution < 1.29 is 14.6 Å². The molecule has 0 aromatic carbocycles. The molecular formula is C16H30N2O3. The molecule has 5 heteroatoms. The Labute approximate surface area is 128 Å². The van der Waals surface area contributed by atoms with Crippen LogP contribution in [0.15, 0.2) is 0 Å². The van der Waals surface area contributed by atoms with E-state index in [2.05, 4.69) is 4.90 Å². The van der Waals surface area contributed by atoms with Crippen LogP contribution in [0.1, 0.15) is 47.5 Å². The molecule has 2 rings (SSSR count). The molecule has 2 aliphatic heterocycles. The van der Waals surface area contributed by atoms with Gasteiger partial charge >= 0.3 is 6.09 Å². The predicted molar refractivity (Wildman–Crippen MR) is 82.2 cm³/mol. The lowest BCUT2D eigenvalue weighted by molar-refractivity contribution is 0.0178. The molecule has 21 heavy (non-hydrogen) atoms. The molecule has 0 aromatic rings. The van der Waals surface area contributed by atoms with E-state index in [1.807, 2.05) is 39.5 Å². The predicted octanol–water partition coefficient (Wildman–Crippen LogP) is 2.09. The van der Waals surface area contributed by atoms with Gasteiger partial charge in [0.05, 0.1) is 5.60 Å². The average Bonchev–Trinajstić information content (AvgIpc) is 2.95. The smallest absolute Gasteiger partial charge is 0.410 e. The highest BCUT2D eigenvalue weighted by molar-refractivity contribution is 5.68. The zero-order chi connectivity index (χ0) is 15.8. The molecule has 2 atom stereocenters. The van der Waals surface area contributed by atoms with Gasteiger partial charge in [0, 0.05) is 31.6 Å². The van der Waals surface area contributed by atoms with E-state index in [9.17, 15) is 9.90 Å². The highest BCUT2D eigenvalue weighted by Crippen LogP contribution is 2.30. The van der Waals surface area contributed by atoms with Crippen LogP contribution in [0, 0.1) is 5.92 Å². The van der Waals surface area contributed by atoms with E-state index in [4.69, 9.17) is 4.74 Å². The topological polar surface area (TPSA) is 53.0 Å². The Hall–Kier alpha value is -0.810. The summed E-state index contributed by atoms with van der Waals surface area (Å²) in [5, 5.41) is 10.1. The van der Waals surface area contributed by atoms with Crippen LogP contribution in [0.3, 0.4) is 0 Å². The summed E-state index contributed by atoms with van der Waals surface area (Å²) in [6.07, 6.45) is 1.83. The summed E-state index contributed by atoms with van der Waals surface area (Å²) in [6.45, 7) is 12.9. The lowest BCUT2D eigenvalue weighted by atomic mass is 9.90. The van der Waals surface area contributed by atoms with Crippen LogP contribution in [0.25, 0.3) is 0 Å². The van der Waals surface area contributed by atoms with Crippen molar-refractivity contribution in [3.8, 4) is 0 Å². The molecule has 5 nitrogen and oxygen atoms in total. The van der Waals surface area contributed by atoms with Gasteiger partial charge in [0.1, 0.15) is 5.60 Å². The number of aliphatic hydroxyl groups is 1. The number of carbonyl (C=O) groups excluding carboxylic acids is 1. The van der Waals surface area contributed by atoms with Crippen molar-refractivity contribution in [1.82, 2.24) is 9.80 Å². The summed E-state index contributed by atoms with van der Waals surface area (Å²) in [4.78, 5) is 16.3. The number of hydrogen-bond donors (Lipinski definition) is 1. The van der Waals surface area contributed by atoms with Crippen molar-refractivity contribution in [2.75, 3.05) is 26.2 Å². The third-order valence-corrected chi connectivity index (χ3v) is 4.55. The van der Waals surface area contributed by atoms with Gasteiger partial charge in [0.25, 0.3) is 0 Å². The SMILES string of the molecule is CC(C)(C)OC(=O)N1CCC(N2CCC(C(C)(C)O)C2)C1. The van der Waals surface area contributed by atoms with Gasteiger partial charge < -0.3 is 14.7 Å². The molecule has 1 N–H and O–H groups in total. The van der Waals surface area contributed by atoms with Crippen LogP contribution >= 0.6 is 0 Å². The Kier molecular flexibility index (Phi) is 4.54. The molecule has 0 saturated carbocycles. The second-order valence-electron chi connectivity index (χ2n) is 8.00. The molecule has 0 bridgehead atoms. The van der Waals surface area contributed by atoms with E-state index in [1.165, 1.54) is 0 Å². The second-order valence-corrected chi connectivity index (χ2v) is 8.00. The normalized spacial score (nSPS) is 28.2. The van der Waals surface area contributed by atoms with Gasteiger partial charge in [0.2, 0.25) is 0 Å². The molecule has 2 fully saturated rings. The Balaban J connectivity index is 1.85. The van der Waals surface area contributed by atoms with Crippen molar-refractivity contribution in [2.45, 2.75) is 64.7 Å². The van der Waals surface area contributed by atoms with Gasteiger partial charge in [-0.3, -0.25) is 4.90 Å². The fourth-order valence-corrected chi connectivity index (χ4v) is 3.23. The van der Waals surface area contributed by atoms with Gasteiger partial charge in [-0.05, 0) is 54.0 Å². The lowest BCUT2D eigenvalue weighted by Gasteiger charge is -2.28. The molecule has 1 amide bonds. The van der Waals surface area contributed by atoms with E-state index in [0.29, 0.717) is 12.0 Å². The minimum absolute atomic E-state index is 0.205. The van der Waals surface area contributed by atoms with Crippen molar-refractivity contribution >= 4 is 6.09 Å². The second kappa shape index (κ2) is 5.76. The van der Waals surface area contributed by atoms with Crippen molar-refractivity contribution in [1.29, 1.82) is 0 Å². The molecule has 2 heterocycles. The zero-order valence-corrected chi connectivity index (χ0v) is 14.1. The van der Waals surface area contributed by atoms with Crippen molar-refractivity contribution in [2.24, 2.45) is 5.92 Å². The highest BCUT2D eigenvalue weighted by Gasteiger charge is 2.39. The molecule has 0 spiro atoms. The lowest BCUT2D eigenvalue weighted by Crippen LogP contribution is -2.41. The van der Waals surface area contributed by atoms with Crippen LogP contribution in [0.2, 0.25) is 0 Å². The van der Waals surface area contributed by atoms with Crippen LogP contribution in [0.5, 0.6) is 0 Å². The summed E-state index contributed by atoms with van der Waals surface area (Å²) in [7, 11) is 0. The zero-order valence-electron chi connectivity index (χ0n) is 14.1. The maximum Gasteiger partial charge on any atom is 0.410 e. The fourth-order valence-electron chi connectivity index (χ4n) is 3.23. The molecule has 0 aromatic heterocycles. The summed E-state index contributed by atoms with van der Waals surface area (Å²) < 4.78 is 5.44. The number of amides is 1. The maximum absolute atomic E-state index is 12.1. The third-order valence-electron chi connectivity index (χ3n) is 4.55. The van der Waals surface area contributed by atoms with Crippen LogP contribution in [-0.2, 0) is 4.74 Å².